The van der Waals surface area contributed by atoms with Crippen LogP contribution < -0.4 is 5.32 Å². The number of hydrogen-bond donors (Lipinski definition) is 1. The van der Waals surface area contributed by atoms with E-state index in [-0.39, 0.29) is 0 Å². The second-order valence-corrected chi connectivity index (χ2v) is 7.74. The summed E-state index contributed by atoms with van der Waals surface area (Å²) in [6.07, 6.45) is 4.87. The highest BCUT2D eigenvalue weighted by atomic mass is 16.5. The Morgan fingerprint density at radius 3 is 2.85 bits per heavy atom. The van der Waals surface area contributed by atoms with E-state index in [2.05, 4.69) is 52.4 Å². The zero-order valence-electron chi connectivity index (χ0n) is 17.1. The Balaban J connectivity index is 1.59. The van der Waals surface area contributed by atoms with Gasteiger partial charge in [0, 0.05) is 52.5 Å². The third-order valence-electron chi connectivity index (χ3n) is 5.81. The molecular formula is C22H36N4O. The monoisotopic (exact) mass is 372 g/mol. The summed E-state index contributed by atoms with van der Waals surface area (Å²) in [5, 5.41) is 3.50. The summed E-state index contributed by atoms with van der Waals surface area (Å²) >= 11 is 0. The second kappa shape index (κ2) is 10.7. The lowest BCUT2D eigenvalue weighted by atomic mass is 9.83. The van der Waals surface area contributed by atoms with Gasteiger partial charge in [0.2, 0.25) is 0 Å². The molecule has 1 aromatic carbocycles. The first-order valence-electron chi connectivity index (χ1n) is 10.6. The molecule has 3 rings (SSSR count). The van der Waals surface area contributed by atoms with Gasteiger partial charge < -0.3 is 15.0 Å². The van der Waals surface area contributed by atoms with E-state index in [1.807, 2.05) is 0 Å². The Kier molecular flexibility index (Phi) is 7.96. The van der Waals surface area contributed by atoms with Gasteiger partial charge in [0.1, 0.15) is 0 Å². The van der Waals surface area contributed by atoms with Gasteiger partial charge in [-0.2, -0.15) is 0 Å². The molecule has 27 heavy (non-hydrogen) atoms. The Morgan fingerprint density at radius 1 is 1.22 bits per heavy atom. The standard InChI is InChI=1S/C22H36N4O/c1-3-23-22(24-13-8-16-27-2)26-15-12-21-20(18-26)11-7-14-25(21)17-19-9-5-4-6-10-19/h4-6,9-10,20-21H,3,7-8,11-18H2,1-2H3,(H,23,24). The fraction of sp³-hybridized carbons (Fsp3) is 0.682. The Bertz CT molecular complexity index is 577. The molecule has 1 N–H and O–H groups in total. The number of ether oxygens (including phenoxy) is 1. The van der Waals surface area contributed by atoms with Gasteiger partial charge in [0.05, 0.1) is 0 Å². The molecular weight excluding hydrogens is 336 g/mol. The first-order chi connectivity index (χ1) is 13.3. The van der Waals surface area contributed by atoms with E-state index in [0.29, 0.717) is 6.04 Å². The predicted molar refractivity (Wildman–Crippen MR) is 112 cm³/mol. The Morgan fingerprint density at radius 2 is 2.07 bits per heavy atom. The first kappa shape index (κ1) is 20.2. The van der Waals surface area contributed by atoms with Crippen molar-refractivity contribution in [3.63, 3.8) is 0 Å². The molecule has 0 saturated carbocycles. The zero-order valence-corrected chi connectivity index (χ0v) is 17.1. The van der Waals surface area contributed by atoms with Gasteiger partial charge in [0.25, 0.3) is 0 Å². The molecule has 2 heterocycles. The maximum atomic E-state index is 5.15. The molecule has 0 aromatic heterocycles. The van der Waals surface area contributed by atoms with E-state index in [1.165, 1.54) is 31.4 Å². The summed E-state index contributed by atoms with van der Waals surface area (Å²) in [6, 6.07) is 11.6. The number of guanidine groups is 1. The summed E-state index contributed by atoms with van der Waals surface area (Å²) < 4.78 is 5.15. The summed E-state index contributed by atoms with van der Waals surface area (Å²) in [5.41, 5.74) is 1.44. The number of aliphatic imine (C=N–C) groups is 1. The number of hydrogen-bond acceptors (Lipinski definition) is 3. The van der Waals surface area contributed by atoms with E-state index >= 15 is 0 Å². The van der Waals surface area contributed by atoms with Crippen LogP contribution in [0.25, 0.3) is 0 Å². The van der Waals surface area contributed by atoms with Crippen LogP contribution in [0.3, 0.4) is 0 Å². The Hall–Kier alpha value is -1.59. The fourth-order valence-electron chi connectivity index (χ4n) is 4.53. The second-order valence-electron chi connectivity index (χ2n) is 7.74. The largest absolute Gasteiger partial charge is 0.385 e. The Labute approximate surface area is 164 Å². The van der Waals surface area contributed by atoms with E-state index in [4.69, 9.17) is 9.73 Å². The quantitative estimate of drug-likeness (QED) is 0.454. The number of benzene rings is 1. The van der Waals surface area contributed by atoms with Crippen LogP contribution in [0.15, 0.2) is 35.3 Å². The molecule has 2 atom stereocenters. The molecule has 5 heteroatoms. The summed E-state index contributed by atoms with van der Waals surface area (Å²) in [4.78, 5) is 10.1. The number of fused-ring (bicyclic) bond motifs is 1. The predicted octanol–water partition coefficient (Wildman–Crippen LogP) is 2.97. The van der Waals surface area contributed by atoms with Crippen molar-refractivity contribution in [1.82, 2.24) is 15.1 Å². The van der Waals surface area contributed by atoms with Crippen LogP contribution in [0, 0.1) is 5.92 Å². The minimum atomic E-state index is 0.714. The van der Waals surface area contributed by atoms with Crippen LogP contribution >= 0.6 is 0 Å². The number of rotatable bonds is 7. The van der Waals surface area contributed by atoms with Gasteiger partial charge in [0.15, 0.2) is 5.96 Å². The molecule has 5 nitrogen and oxygen atoms in total. The van der Waals surface area contributed by atoms with Crippen LogP contribution in [0.2, 0.25) is 0 Å². The number of nitrogens with one attached hydrogen (secondary N) is 1. The summed E-state index contributed by atoms with van der Waals surface area (Å²) in [6.45, 7) is 9.25. The maximum absolute atomic E-state index is 5.15. The average Bonchev–Trinajstić information content (AvgIpc) is 2.71. The molecule has 0 amide bonds. The third-order valence-corrected chi connectivity index (χ3v) is 5.81. The van der Waals surface area contributed by atoms with Crippen molar-refractivity contribution >= 4 is 5.96 Å². The summed E-state index contributed by atoms with van der Waals surface area (Å²) in [5.74, 6) is 1.84. The van der Waals surface area contributed by atoms with Gasteiger partial charge in [-0.15, -0.1) is 0 Å². The van der Waals surface area contributed by atoms with Crippen molar-refractivity contribution in [1.29, 1.82) is 0 Å². The van der Waals surface area contributed by atoms with Crippen LogP contribution in [-0.2, 0) is 11.3 Å². The van der Waals surface area contributed by atoms with Gasteiger partial charge in [-0.25, -0.2) is 0 Å². The lowest BCUT2D eigenvalue weighted by Crippen LogP contribution is -2.56. The first-order valence-corrected chi connectivity index (χ1v) is 10.6. The third kappa shape index (κ3) is 5.69. The molecule has 2 aliphatic heterocycles. The van der Waals surface area contributed by atoms with E-state index in [9.17, 15) is 0 Å². The van der Waals surface area contributed by atoms with Gasteiger partial charge in [-0.05, 0) is 50.6 Å². The van der Waals surface area contributed by atoms with Crippen LogP contribution in [0.5, 0.6) is 0 Å². The lowest BCUT2D eigenvalue weighted by molar-refractivity contribution is 0.0372. The van der Waals surface area contributed by atoms with Crippen LogP contribution in [0.4, 0.5) is 0 Å². The molecule has 2 unspecified atom stereocenters. The van der Waals surface area contributed by atoms with Gasteiger partial charge in [-0.3, -0.25) is 9.89 Å². The van der Waals surface area contributed by atoms with E-state index < -0.39 is 0 Å². The van der Waals surface area contributed by atoms with Crippen LogP contribution in [0.1, 0.15) is 38.2 Å². The SMILES string of the molecule is CCNC(=NCCCOC)N1CCC2C(CCCN2Cc2ccccc2)C1. The van der Waals surface area contributed by atoms with Crippen LogP contribution in [-0.4, -0.2) is 68.2 Å². The lowest BCUT2D eigenvalue weighted by Gasteiger charge is -2.48. The molecule has 0 bridgehead atoms. The number of likely N-dealkylation sites (tertiary alicyclic amines) is 2. The molecule has 2 fully saturated rings. The number of piperidine rings is 2. The number of methoxy groups -OCH3 is 1. The molecule has 0 radical (unpaired) electrons. The molecule has 0 aliphatic carbocycles. The molecule has 1 aromatic rings. The van der Waals surface area contributed by atoms with E-state index in [0.717, 1.165) is 57.6 Å². The number of nitrogens with zero attached hydrogens (tertiary/aromatic N) is 3. The van der Waals surface area contributed by atoms with Crippen molar-refractivity contribution in [2.75, 3.05) is 46.4 Å². The van der Waals surface area contributed by atoms with Crippen molar-refractivity contribution in [2.24, 2.45) is 10.9 Å². The highest BCUT2D eigenvalue weighted by molar-refractivity contribution is 5.80. The summed E-state index contributed by atoms with van der Waals surface area (Å²) in [7, 11) is 1.75. The van der Waals surface area contributed by atoms with Crippen molar-refractivity contribution < 1.29 is 4.74 Å². The average molecular weight is 373 g/mol. The highest BCUT2D eigenvalue weighted by Crippen LogP contribution is 2.31. The molecule has 2 saturated heterocycles. The van der Waals surface area contributed by atoms with Crippen molar-refractivity contribution in [3.8, 4) is 0 Å². The molecule has 0 spiro atoms. The van der Waals surface area contributed by atoms with Crippen molar-refractivity contribution in [2.45, 2.75) is 45.2 Å². The topological polar surface area (TPSA) is 40.1 Å². The van der Waals surface area contributed by atoms with Gasteiger partial charge in [-0.1, -0.05) is 30.3 Å². The molecule has 150 valence electrons. The minimum absolute atomic E-state index is 0.714. The van der Waals surface area contributed by atoms with Gasteiger partial charge >= 0.3 is 0 Å². The normalized spacial score (nSPS) is 23.9. The smallest absolute Gasteiger partial charge is 0.193 e. The maximum Gasteiger partial charge on any atom is 0.193 e. The fourth-order valence-corrected chi connectivity index (χ4v) is 4.53. The minimum Gasteiger partial charge on any atom is -0.385 e. The molecule has 2 aliphatic rings. The highest BCUT2D eigenvalue weighted by Gasteiger charge is 2.36. The zero-order chi connectivity index (χ0) is 18.9. The van der Waals surface area contributed by atoms with E-state index in [1.54, 1.807) is 7.11 Å². The van der Waals surface area contributed by atoms with Crippen molar-refractivity contribution in [3.05, 3.63) is 35.9 Å².